The molecule has 0 saturated carbocycles. The normalized spacial score (nSPS) is 14.6. The molecule has 5 nitrogen and oxygen atoms in total. The molecule has 2 heterocycles. The van der Waals surface area contributed by atoms with Gasteiger partial charge >= 0.3 is 0 Å². The van der Waals surface area contributed by atoms with Gasteiger partial charge in [0.25, 0.3) is 0 Å². The van der Waals surface area contributed by atoms with Gasteiger partial charge in [-0.2, -0.15) is 0 Å². The van der Waals surface area contributed by atoms with Gasteiger partial charge in [-0.3, -0.25) is 9.88 Å². The predicted octanol–water partition coefficient (Wildman–Crippen LogP) is 3.96. The summed E-state index contributed by atoms with van der Waals surface area (Å²) >= 11 is 12.1. The number of thiocarbonyl (C=S) groups is 1. The van der Waals surface area contributed by atoms with Crippen LogP contribution in [0.1, 0.15) is 17.5 Å². The van der Waals surface area contributed by atoms with Crippen LogP contribution in [-0.2, 0) is 11.3 Å². The second-order valence-electron chi connectivity index (χ2n) is 6.95. The van der Waals surface area contributed by atoms with Crippen molar-refractivity contribution in [1.29, 1.82) is 0 Å². The monoisotopic (exact) mass is 418 g/mol. The molecule has 150 valence electrons. The number of rotatable bonds is 7. The average molecular weight is 419 g/mol. The Morgan fingerprint density at radius 3 is 2.71 bits per heavy atom. The number of ether oxygens (including phenoxy) is 1. The molecule has 1 aliphatic heterocycles. The fraction of sp³-hybridized carbons (Fsp3) is 0.429. The quantitative estimate of drug-likeness (QED) is 0.686. The van der Waals surface area contributed by atoms with Crippen LogP contribution in [0.4, 0.5) is 5.69 Å². The minimum atomic E-state index is 0.680. The van der Waals surface area contributed by atoms with Crippen LogP contribution >= 0.6 is 23.8 Å². The van der Waals surface area contributed by atoms with Gasteiger partial charge in [0.05, 0.1) is 23.9 Å². The number of hydrogen-bond donors (Lipinski definition) is 1. The molecule has 7 heteroatoms. The van der Waals surface area contributed by atoms with E-state index >= 15 is 0 Å². The Bertz CT molecular complexity index is 748. The summed E-state index contributed by atoms with van der Waals surface area (Å²) in [5.74, 6) is 0. The van der Waals surface area contributed by atoms with Crippen LogP contribution in [0, 0.1) is 6.92 Å². The lowest BCUT2D eigenvalue weighted by Crippen LogP contribution is -2.40. The molecular weight excluding hydrogens is 392 g/mol. The minimum absolute atomic E-state index is 0.680. The zero-order chi connectivity index (χ0) is 19.8. The van der Waals surface area contributed by atoms with Gasteiger partial charge in [0.2, 0.25) is 0 Å². The number of nitrogens with one attached hydrogen (secondary N) is 1. The molecule has 1 N–H and O–H groups in total. The number of anilines is 1. The Labute approximate surface area is 177 Å². The largest absolute Gasteiger partial charge is 0.379 e. The number of halogens is 1. The molecule has 0 bridgehead atoms. The molecular formula is C21H27ClN4OS. The minimum Gasteiger partial charge on any atom is -0.379 e. The first kappa shape index (κ1) is 21.0. The highest BCUT2D eigenvalue weighted by Crippen LogP contribution is 2.25. The number of aryl methyl sites for hydroxylation is 1. The van der Waals surface area contributed by atoms with Crippen molar-refractivity contribution in [2.24, 2.45) is 0 Å². The zero-order valence-electron chi connectivity index (χ0n) is 16.2. The summed E-state index contributed by atoms with van der Waals surface area (Å²) in [4.78, 5) is 8.76. The molecule has 0 spiro atoms. The summed E-state index contributed by atoms with van der Waals surface area (Å²) in [6.45, 7) is 8.35. The van der Waals surface area contributed by atoms with Crippen molar-refractivity contribution in [3.63, 3.8) is 0 Å². The number of morpholine rings is 1. The van der Waals surface area contributed by atoms with Crippen LogP contribution < -0.4 is 5.32 Å². The molecule has 0 radical (unpaired) electrons. The summed E-state index contributed by atoms with van der Waals surface area (Å²) in [5.41, 5.74) is 3.13. The third kappa shape index (κ3) is 6.14. The summed E-state index contributed by atoms with van der Waals surface area (Å²) in [5, 5.41) is 4.73. The van der Waals surface area contributed by atoms with Gasteiger partial charge in [0, 0.05) is 45.1 Å². The van der Waals surface area contributed by atoms with Crippen molar-refractivity contribution < 1.29 is 4.74 Å². The Morgan fingerprint density at radius 1 is 1.25 bits per heavy atom. The topological polar surface area (TPSA) is 40.6 Å². The van der Waals surface area contributed by atoms with Crippen molar-refractivity contribution in [2.45, 2.75) is 19.9 Å². The van der Waals surface area contributed by atoms with E-state index in [-0.39, 0.29) is 0 Å². The lowest BCUT2D eigenvalue weighted by Gasteiger charge is -2.30. The van der Waals surface area contributed by atoms with E-state index in [0.717, 1.165) is 63.6 Å². The molecule has 28 heavy (non-hydrogen) atoms. The van der Waals surface area contributed by atoms with E-state index in [1.54, 1.807) is 0 Å². The number of para-hydroxylation sites is 1. The van der Waals surface area contributed by atoms with Crippen molar-refractivity contribution in [3.05, 3.63) is 58.9 Å². The van der Waals surface area contributed by atoms with Crippen LogP contribution in [0.15, 0.2) is 42.7 Å². The molecule has 3 rings (SSSR count). The molecule has 0 amide bonds. The van der Waals surface area contributed by atoms with Gasteiger partial charge < -0.3 is 15.0 Å². The summed E-state index contributed by atoms with van der Waals surface area (Å²) in [6, 6.07) is 9.91. The maximum atomic E-state index is 6.38. The third-order valence-corrected chi connectivity index (χ3v) is 5.55. The molecule has 1 aliphatic rings. The molecule has 1 saturated heterocycles. The SMILES string of the molecule is Cc1cccc(Cl)c1NC(=S)N(CCCN1CCOCC1)Cc1ccncc1. The number of hydrogen-bond acceptors (Lipinski definition) is 4. The number of aromatic nitrogens is 1. The van der Waals surface area contributed by atoms with Gasteiger partial charge in [-0.25, -0.2) is 0 Å². The van der Waals surface area contributed by atoms with Gasteiger partial charge in [-0.05, 0) is 54.9 Å². The van der Waals surface area contributed by atoms with Crippen molar-refractivity contribution >= 4 is 34.6 Å². The lowest BCUT2D eigenvalue weighted by atomic mass is 10.2. The third-order valence-electron chi connectivity index (χ3n) is 4.87. The van der Waals surface area contributed by atoms with E-state index in [2.05, 4.69) is 20.1 Å². The van der Waals surface area contributed by atoms with E-state index in [4.69, 9.17) is 28.6 Å². The standard InChI is InChI=1S/C21H27ClN4OS/c1-17-4-2-5-19(22)20(17)24-21(28)26(16-18-6-8-23-9-7-18)11-3-10-25-12-14-27-15-13-25/h2,4-9H,3,10-16H2,1H3,(H,24,28). The fourth-order valence-corrected chi connectivity index (χ4v) is 3.77. The van der Waals surface area contributed by atoms with Crippen LogP contribution in [-0.4, -0.2) is 59.3 Å². The van der Waals surface area contributed by atoms with Crippen LogP contribution in [0.3, 0.4) is 0 Å². The van der Waals surface area contributed by atoms with Crippen molar-refractivity contribution in [1.82, 2.24) is 14.8 Å². The first-order valence-electron chi connectivity index (χ1n) is 9.63. The first-order chi connectivity index (χ1) is 13.6. The molecule has 1 aromatic carbocycles. The highest BCUT2D eigenvalue weighted by molar-refractivity contribution is 7.80. The average Bonchev–Trinajstić information content (AvgIpc) is 2.71. The Morgan fingerprint density at radius 2 is 2.00 bits per heavy atom. The maximum absolute atomic E-state index is 6.38. The second-order valence-corrected chi connectivity index (χ2v) is 7.74. The maximum Gasteiger partial charge on any atom is 0.173 e. The lowest BCUT2D eigenvalue weighted by molar-refractivity contribution is 0.0368. The number of pyridine rings is 1. The highest BCUT2D eigenvalue weighted by Gasteiger charge is 2.15. The van der Waals surface area contributed by atoms with E-state index in [0.29, 0.717) is 10.1 Å². The summed E-state index contributed by atoms with van der Waals surface area (Å²) in [6.07, 6.45) is 4.67. The second kappa shape index (κ2) is 10.7. The zero-order valence-corrected chi connectivity index (χ0v) is 17.8. The summed E-state index contributed by atoms with van der Waals surface area (Å²) < 4.78 is 5.43. The highest BCUT2D eigenvalue weighted by atomic mass is 35.5. The molecule has 0 aliphatic carbocycles. The van der Waals surface area contributed by atoms with Crippen LogP contribution in [0.5, 0.6) is 0 Å². The summed E-state index contributed by atoms with van der Waals surface area (Å²) in [7, 11) is 0. The van der Waals surface area contributed by atoms with Gasteiger partial charge in [-0.1, -0.05) is 23.7 Å². The number of benzene rings is 1. The van der Waals surface area contributed by atoms with Crippen molar-refractivity contribution in [2.75, 3.05) is 44.7 Å². The first-order valence-corrected chi connectivity index (χ1v) is 10.4. The smallest absolute Gasteiger partial charge is 0.173 e. The van der Waals surface area contributed by atoms with Gasteiger partial charge in [-0.15, -0.1) is 0 Å². The van der Waals surface area contributed by atoms with E-state index < -0.39 is 0 Å². The van der Waals surface area contributed by atoms with E-state index in [1.807, 2.05) is 49.6 Å². The Balaban J connectivity index is 1.64. The molecule has 2 aromatic rings. The van der Waals surface area contributed by atoms with Crippen LogP contribution in [0.25, 0.3) is 0 Å². The van der Waals surface area contributed by atoms with Gasteiger partial charge in [0.1, 0.15) is 0 Å². The molecule has 1 fully saturated rings. The Hall–Kier alpha value is -1.73. The van der Waals surface area contributed by atoms with E-state index in [1.165, 1.54) is 5.56 Å². The predicted molar refractivity (Wildman–Crippen MR) is 119 cm³/mol. The van der Waals surface area contributed by atoms with E-state index in [9.17, 15) is 0 Å². The van der Waals surface area contributed by atoms with Crippen LogP contribution in [0.2, 0.25) is 5.02 Å². The molecule has 0 atom stereocenters. The molecule has 1 aromatic heterocycles. The number of nitrogens with zero attached hydrogens (tertiary/aromatic N) is 3. The Kier molecular flexibility index (Phi) is 8.03. The fourth-order valence-electron chi connectivity index (χ4n) is 3.25. The van der Waals surface area contributed by atoms with Gasteiger partial charge in [0.15, 0.2) is 5.11 Å². The molecule has 0 unspecified atom stereocenters. The van der Waals surface area contributed by atoms with Crippen molar-refractivity contribution in [3.8, 4) is 0 Å².